The molecule has 6 rings (SSSR count). The van der Waals surface area contributed by atoms with Crippen LogP contribution in [-0.2, 0) is 9.59 Å². The zero-order valence-corrected chi connectivity index (χ0v) is 17.1. The molecule has 5 fully saturated rings. The predicted molar refractivity (Wildman–Crippen MR) is 111 cm³/mol. The van der Waals surface area contributed by atoms with Crippen LogP contribution in [0.3, 0.4) is 0 Å². The minimum Gasteiger partial charge on any atom is -0.493 e. The van der Waals surface area contributed by atoms with Gasteiger partial charge in [0.25, 0.3) is 5.91 Å². The number of benzene rings is 1. The topological polar surface area (TPSA) is 76.7 Å². The van der Waals surface area contributed by atoms with Crippen molar-refractivity contribution in [2.24, 2.45) is 23.2 Å². The van der Waals surface area contributed by atoms with Crippen LogP contribution in [0.15, 0.2) is 23.9 Å². The summed E-state index contributed by atoms with van der Waals surface area (Å²) in [5.74, 6) is 2.56. The van der Waals surface area contributed by atoms with Gasteiger partial charge in [0.2, 0.25) is 0 Å². The smallest absolute Gasteiger partial charge is 0.317 e. The number of nitrogens with one attached hydrogen (secondary N) is 2. The highest BCUT2D eigenvalue weighted by Gasteiger charge is 2.55. The van der Waals surface area contributed by atoms with Crippen molar-refractivity contribution in [2.75, 3.05) is 7.11 Å². The maximum atomic E-state index is 13.2. The van der Waals surface area contributed by atoms with Crippen molar-refractivity contribution < 1.29 is 19.1 Å². The van der Waals surface area contributed by atoms with E-state index in [0.717, 1.165) is 24.8 Å². The number of amides is 1. The Morgan fingerprint density at radius 2 is 1.76 bits per heavy atom. The van der Waals surface area contributed by atoms with Crippen LogP contribution < -0.4 is 20.1 Å². The van der Waals surface area contributed by atoms with E-state index in [-0.39, 0.29) is 22.4 Å². The maximum absolute atomic E-state index is 13.2. The number of carbonyl (C=O) groups excluding carboxylic acids is 2. The molecule has 4 saturated carbocycles. The fraction of sp³-hybridized carbons (Fsp3) is 0.500. The van der Waals surface area contributed by atoms with Crippen molar-refractivity contribution in [2.45, 2.75) is 38.5 Å². The molecule has 1 heterocycles. The number of thiocarbonyl (C=S) groups is 1. The van der Waals surface area contributed by atoms with Crippen molar-refractivity contribution in [3.05, 3.63) is 29.5 Å². The summed E-state index contributed by atoms with van der Waals surface area (Å²) >= 11 is 4.95. The average Bonchev–Trinajstić information content (AvgIpc) is 2.98. The van der Waals surface area contributed by atoms with Crippen LogP contribution in [0.5, 0.6) is 11.5 Å². The number of hydrogen-bond acceptors (Lipinski definition) is 5. The number of rotatable bonds is 4. The number of carbonyl (C=O) groups is 2. The standard InChI is InChI=1S/C22H24N2O4S/c1-27-18-8-12(7-16-19(25)24-21(29)23-16)2-3-17(18)28-20(26)22-9-13-4-14(10-22)6-15(5-13)11-22/h2-3,7-8,13-15H,4-6,9-11H2,1H3,(H2,23,24,25,29)/b16-7-. The van der Waals surface area contributed by atoms with Crippen LogP contribution in [0, 0.1) is 23.2 Å². The molecule has 7 heteroatoms. The number of ether oxygens (including phenoxy) is 2. The quantitative estimate of drug-likeness (QED) is 0.342. The zero-order chi connectivity index (χ0) is 20.2. The first kappa shape index (κ1) is 18.6. The van der Waals surface area contributed by atoms with Crippen molar-refractivity contribution in [3.8, 4) is 11.5 Å². The second-order valence-electron chi connectivity index (χ2n) is 8.96. The molecule has 0 spiro atoms. The molecule has 5 aliphatic rings. The summed E-state index contributed by atoms with van der Waals surface area (Å²) in [6.45, 7) is 0. The molecule has 1 amide bonds. The third-order valence-corrected chi connectivity index (χ3v) is 7.10. The van der Waals surface area contributed by atoms with Gasteiger partial charge in [-0.3, -0.25) is 14.9 Å². The predicted octanol–water partition coefficient (Wildman–Crippen LogP) is 3.16. The van der Waals surface area contributed by atoms with E-state index >= 15 is 0 Å². The second kappa shape index (κ2) is 6.83. The molecule has 1 aromatic carbocycles. The molecule has 4 bridgehead atoms. The lowest BCUT2D eigenvalue weighted by molar-refractivity contribution is -0.161. The van der Waals surface area contributed by atoms with E-state index in [4.69, 9.17) is 21.7 Å². The van der Waals surface area contributed by atoms with Gasteiger partial charge in [0.05, 0.1) is 12.5 Å². The zero-order valence-electron chi connectivity index (χ0n) is 16.3. The lowest BCUT2D eigenvalue weighted by Gasteiger charge is -2.55. The Balaban J connectivity index is 1.36. The third-order valence-electron chi connectivity index (χ3n) is 6.89. The maximum Gasteiger partial charge on any atom is 0.317 e. The van der Waals surface area contributed by atoms with Gasteiger partial charge in [-0.25, -0.2) is 0 Å². The van der Waals surface area contributed by atoms with E-state index in [1.54, 1.807) is 31.4 Å². The summed E-state index contributed by atoms with van der Waals surface area (Å²) in [6.07, 6.45) is 8.42. The van der Waals surface area contributed by atoms with Gasteiger partial charge in [-0.05, 0) is 92.3 Å². The summed E-state index contributed by atoms with van der Waals surface area (Å²) in [5, 5.41) is 5.63. The second-order valence-corrected chi connectivity index (χ2v) is 9.37. The van der Waals surface area contributed by atoms with E-state index in [0.29, 0.717) is 34.9 Å². The van der Waals surface area contributed by atoms with E-state index < -0.39 is 0 Å². The van der Waals surface area contributed by atoms with Crippen LogP contribution >= 0.6 is 12.2 Å². The molecule has 2 N–H and O–H groups in total. The Labute approximate surface area is 175 Å². The molecule has 0 unspecified atom stereocenters. The van der Waals surface area contributed by atoms with Crippen molar-refractivity contribution in [3.63, 3.8) is 0 Å². The largest absolute Gasteiger partial charge is 0.493 e. The van der Waals surface area contributed by atoms with Gasteiger partial charge >= 0.3 is 5.97 Å². The highest BCUT2D eigenvalue weighted by atomic mass is 32.1. The highest BCUT2D eigenvalue weighted by molar-refractivity contribution is 7.80. The molecule has 1 aromatic rings. The van der Waals surface area contributed by atoms with Crippen LogP contribution in [0.25, 0.3) is 6.08 Å². The van der Waals surface area contributed by atoms with Gasteiger partial charge in [0, 0.05) is 0 Å². The minimum atomic E-state index is -0.317. The average molecular weight is 413 g/mol. The van der Waals surface area contributed by atoms with E-state index in [2.05, 4.69) is 10.6 Å². The van der Waals surface area contributed by atoms with Crippen molar-refractivity contribution >= 4 is 35.3 Å². The molecular formula is C22H24N2O4S. The van der Waals surface area contributed by atoms with Gasteiger partial charge in [-0.2, -0.15) is 0 Å². The molecule has 6 nitrogen and oxygen atoms in total. The molecule has 1 saturated heterocycles. The molecule has 0 radical (unpaired) electrons. The first-order chi connectivity index (χ1) is 13.9. The van der Waals surface area contributed by atoms with Crippen LogP contribution in [0.2, 0.25) is 0 Å². The van der Waals surface area contributed by atoms with Gasteiger partial charge in [0.15, 0.2) is 16.6 Å². The monoisotopic (exact) mass is 412 g/mol. The summed E-state index contributed by atoms with van der Waals surface area (Å²) in [6, 6.07) is 5.29. The lowest BCUT2D eigenvalue weighted by Crippen LogP contribution is -2.51. The van der Waals surface area contributed by atoms with Crippen LogP contribution in [0.1, 0.15) is 44.1 Å². The fourth-order valence-electron chi connectivity index (χ4n) is 6.08. The number of hydrogen-bond donors (Lipinski definition) is 2. The number of methoxy groups -OCH3 is 1. The third kappa shape index (κ3) is 3.31. The van der Waals surface area contributed by atoms with E-state index in [9.17, 15) is 9.59 Å². The normalized spacial score (nSPS) is 33.6. The van der Waals surface area contributed by atoms with Gasteiger partial charge in [0.1, 0.15) is 5.70 Å². The van der Waals surface area contributed by atoms with Gasteiger partial charge < -0.3 is 14.8 Å². The molecule has 29 heavy (non-hydrogen) atoms. The van der Waals surface area contributed by atoms with Crippen LogP contribution in [-0.4, -0.2) is 24.1 Å². The van der Waals surface area contributed by atoms with Crippen LogP contribution in [0.4, 0.5) is 0 Å². The number of esters is 1. The molecule has 1 aliphatic heterocycles. The fourth-order valence-corrected chi connectivity index (χ4v) is 6.28. The summed E-state index contributed by atoms with van der Waals surface area (Å²) in [4.78, 5) is 25.0. The van der Waals surface area contributed by atoms with E-state index in [1.807, 2.05) is 0 Å². The Hall–Kier alpha value is -2.41. The van der Waals surface area contributed by atoms with E-state index in [1.165, 1.54) is 19.3 Å². The Bertz CT molecular complexity index is 903. The summed E-state index contributed by atoms with van der Waals surface area (Å²) < 4.78 is 11.3. The minimum absolute atomic E-state index is 0.108. The highest BCUT2D eigenvalue weighted by Crippen LogP contribution is 2.60. The van der Waals surface area contributed by atoms with Crippen molar-refractivity contribution in [1.29, 1.82) is 0 Å². The molecule has 152 valence electrons. The first-order valence-corrected chi connectivity index (χ1v) is 10.6. The SMILES string of the molecule is COc1cc(/C=C2\NC(=S)NC2=O)ccc1OC(=O)C12CC3CC(CC(C3)C1)C2. The Morgan fingerprint density at radius 1 is 1.10 bits per heavy atom. The van der Waals surface area contributed by atoms with Gasteiger partial charge in [-0.1, -0.05) is 6.07 Å². The molecule has 4 aliphatic carbocycles. The molecular weight excluding hydrogens is 388 g/mol. The Kier molecular flexibility index (Phi) is 4.38. The van der Waals surface area contributed by atoms with Gasteiger partial charge in [-0.15, -0.1) is 0 Å². The summed E-state index contributed by atoms with van der Waals surface area (Å²) in [7, 11) is 1.55. The Morgan fingerprint density at radius 3 is 2.31 bits per heavy atom. The van der Waals surface area contributed by atoms with Crippen molar-refractivity contribution in [1.82, 2.24) is 10.6 Å². The first-order valence-electron chi connectivity index (χ1n) is 10.2. The lowest BCUT2D eigenvalue weighted by atomic mass is 9.49. The summed E-state index contributed by atoms with van der Waals surface area (Å²) in [5.41, 5.74) is 0.802. The molecule has 0 aromatic heterocycles. The molecule has 0 atom stereocenters.